The van der Waals surface area contributed by atoms with Gasteiger partial charge in [-0.2, -0.15) is 0 Å². The van der Waals surface area contributed by atoms with Crippen molar-refractivity contribution in [3.63, 3.8) is 0 Å². The highest BCUT2D eigenvalue weighted by molar-refractivity contribution is 14.1. The summed E-state index contributed by atoms with van der Waals surface area (Å²) in [4.78, 5) is 1.54. The van der Waals surface area contributed by atoms with Gasteiger partial charge in [-0.15, -0.1) is 11.3 Å². The van der Waals surface area contributed by atoms with Crippen molar-refractivity contribution in [3.05, 3.63) is 55.3 Å². The smallest absolute Gasteiger partial charge is 0.0587 e. The molecule has 0 amide bonds. The Morgan fingerprint density at radius 1 is 1.19 bits per heavy atom. The Kier molecular flexibility index (Phi) is 3.00. The van der Waals surface area contributed by atoms with Gasteiger partial charge in [-0.25, -0.2) is 0 Å². The van der Waals surface area contributed by atoms with E-state index in [1.165, 1.54) is 21.1 Å². The third-order valence-electron chi connectivity index (χ3n) is 2.99. The lowest BCUT2D eigenvalue weighted by Gasteiger charge is -2.24. The number of rotatable bonds is 1. The van der Waals surface area contributed by atoms with Gasteiger partial charge in [0, 0.05) is 15.0 Å². The Balaban J connectivity index is 2.00. The zero-order chi connectivity index (χ0) is 11.0. The van der Waals surface area contributed by atoms with Crippen LogP contribution in [0.5, 0.6) is 0 Å². The predicted octanol–water partition coefficient (Wildman–Crippen LogP) is 3.59. The fourth-order valence-electron chi connectivity index (χ4n) is 2.20. The molecule has 0 saturated carbocycles. The maximum absolute atomic E-state index is 3.60. The summed E-state index contributed by atoms with van der Waals surface area (Å²) in [5.74, 6) is 0. The van der Waals surface area contributed by atoms with Crippen LogP contribution in [0.3, 0.4) is 0 Å². The number of thiophene rings is 1. The molecule has 2 heterocycles. The summed E-state index contributed by atoms with van der Waals surface area (Å²) in [6.07, 6.45) is 1.17. The highest BCUT2D eigenvalue weighted by Crippen LogP contribution is 2.32. The molecule has 1 nitrogen and oxygen atoms in total. The van der Waals surface area contributed by atoms with Crippen LogP contribution in [0, 0.1) is 3.57 Å². The van der Waals surface area contributed by atoms with Crippen LogP contribution in [-0.2, 0) is 6.42 Å². The van der Waals surface area contributed by atoms with Crippen LogP contribution in [-0.4, -0.2) is 6.54 Å². The van der Waals surface area contributed by atoms with E-state index in [1.807, 2.05) is 11.3 Å². The molecule has 0 spiro atoms. The van der Waals surface area contributed by atoms with Crippen LogP contribution in [0.2, 0.25) is 0 Å². The second-order valence-corrected chi connectivity index (χ2v) is 6.23. The molecule has 82 valence electrons. The quantitative estimate of drug-likeness (QED) is 0.782. The molecule has 1 unspecified atom stereocenters. The van der Waals surface area contributed by atoms with Crippen molar-refractivity contribution in [3.8, 4) is 0 Å². The highest BCUT2D eigenvalue weighted by atomic mass is 127. The number of hydrogen-bond acceptors (Lipinski definition) is 2. The summed E-state index contributed by atoms with van der Waals surface area (Å²) in [6.45, 7) is 1.09. The van der Waals surface area contributed by atoms with Gasteiger partial charge in [0.1, 0.15) is 0 Å². The van der Waals surface area contributed by atoms with Gasteiger partial charge in [0.25, 0.3) is 0 Å². The summed E-state index contributed by atoms with van der Waals surface area (Å²) in [7, 11) is 0. The molecular weight excluding hydrogens is 329 g/mol. The molecule has 1 aromatic heterocycles. The first-order valence-corrected chi connectivity index (χ1v) is 7.35. The summed E-state index contributed by atoms with van der Waals surface area (Å²) in [5.41, 5.74) is 2.84. The molecular formula is C13H12INS. The lowest BCUT2D eigenvalue weighted by molar-refractivity contribution is 0.575. The van der Waals surface area contributed by atoms with Crippen molar-refractivity contribution in [2.24, 2.45) is 0 Å². The fraction of sp³-hybridized carbons (Fsp3) is 0.231. The summed E-state index contributed by atoms with van der Waals surface area (Å²) in [6, 6.07) is 11.5. The normalized spacial score (nSPS) is 19.4. The van der Waals surface area contributed by atoms with Crippen LogP contribution >= 0.6 is 33.9 Å². The van der Waals surface area contributed by atoms with Gasteiger partial charge in [-0.3, -0.25) is 0 Å². The Morgan fingerprint density at radius 2 is 2.00 bits per heavy atom. The molecule has 0 radical (unpaired) electrons. The predicted molar refractivity (Wildman–Crippen MR) is 77.0 cm³/mol. The molecule has 0 saturated heterocycles. The monoisotopic (exact) mass is 341 g/mol. The Bertz CT molecular complexity index is 489. The molecule has 0 fully saturated rings. The maximum atomic E-state index is 3.60. The Morgan fingerprint density at radius 3 is 2.81 bits per heavy atom. The van der Waals surface area contributed by atoms with E-state index < -0.39 is 0 Å². The second-order valence-electron chi connectivity index (χ2n) is 3.99. The first-order chi connectivity index (χ1) is 7.84. The average Bonchev–Trinajstić information content (AvgIpc) is 2.78. The Hall–Kier alpha value is -0.390. The van der Waals surface area contributed by atoms with E-state index in [9.17, 15) is 0 Å². The third kappa shape index (κ3) is 1.92. The van der Waals surface area contributed by atoms with Crippen molar-refractivity contribution in [2.75, 3.05) is 6.54 Å². The van der Waals surface area contributed by atoms with E-state index in [0.29, 0.717) is 6.04 Å². The first kappa shape index (κ1) is 10.7. The molecule has 1 aromatic carbocycles. The second kappa shape index (κ2) is 4.47. The van der Waals surface area contributed by atoms with Crippen molar-refractivity contribution in [2.45, 2.75) is 12.5 Å². The SMILES string of the molecule is Ic1ccc(C2NCCc3sccc32)cc1. The summed E-state index contributed by atoms with van der Waals surface area (Å²) < 4.78 is 1.29. The molecule has 0 aliphatic carbocycles. The van der Waals surface area contributed by atoms with E-state index >= 15 is 0 Å². The standard InChI is InChI=1S/C13H12INS/c14-10-3-1-9(2-4-10)13-11-6-8-16-12(11)5-7-15-13/h1-4,6,8,13,15H,5,7H2. The molecule has 16 heavy (non-hydrogen) atoms. The number of benzene rings is 1. The van der Waals surface area contributed by atoms with E-state index in [0.717, 1.165) is 6.54 Å². The van der Waals surface area contributed by atoms with E-state index in [4.69, 9.17) is 0 Å². The number of halogens is 1. The molecule has 1 aliphatic heterocycles. The van der Waals surface area contributed by atoms with Gasteiger partial charge in [0.05, 0.1) is 6.04 Å². The third-order valence-corrected chi connectivity index (χ3v) is 4.71. The van der Waals surface area contributed by atoms with Gasteiger partial charge in [-0.1, -0.05) is 12.1 Å². The number of fused-ring (bicyclic) bond motifs is 1. The molecule has 1 N–H and O–H groups in total. The van der Waals surface area contributed by atoms with E-state index in [1.54, 1.807) is 4.88 Å². The zero-order valence-corrected chi connectivity index (χ0v) is 11.7. The molecule has 3 heteroatoms. The van der Waals surface area contributed by atoms with Gasteiger partial charge < -0.3 is 5.32 Å². The largest absolute Gasteiger partial charge is 0.306 e. The number of hydrogen-bond donors (Lipinski definition) is 1. The van der Waals surface area contributed by atoms with Gasteiger partial charge in [0.15, 0.2) is 0 Å². The molecule has 1 atom stereocenters. The van der Waals surface area contributed by atoms with Crippen molar-refractivity contribution in [1.82, 2.24) is 5.32 Å². The molecule has 0 bridgehead atoms. The van der Waals surface area contributed by atoms with Crippen LogP contribution in [0.25, 0.3) is 0 Å². The van der Waals surface area contributed by atoms with Gasteiger partial charge in [0.2, 0.25) is 0 Å². The minimum absolute atomic E-state index is 0.395. The highest BCUT2D eigenvalue weighted by Gasteiger charge is 2.21. The number of nitrogens with one attached hydrogen (secondary N) is 1. The van der Waals surface area contributed by atoms with E-state index in [2.05, 4.69) is 63.6 Å². The summed E-state index contributed by atoms with van der Waals surface area (Å²) in [5, 5.41) is 5.81. The average molecular weight is 341 g/mol. The topological polar surface area (TPSA) is 12.0 Å². The molecule has 3 rings (SSSR count). The zero-order valence-electron chi connectivity index (χ0n) is 8.74. The van der Waals surface area contributed by atoms with Crippen LogP contribution in [0.4, 0.5) is 0 Å². The van der Waals surface area contributed by atoms with Crippen LogP contribution < -0.4 is 5.32 Å². The van der Waals surface area contributed by atoms with Crippen molar-refractivity contribution in [1.29, 1.82) is 0 Å². The van der Waals surface area contributed by atoms with Crippen molar-refractivity contribution >= 4 is 33.9 Å². The minimum atomic E-state index is 0.395. The molecule has 2 aromatic rings. The van der Waals surface area contributed by atoms with Crippen molar-refractivity contribution < 1.29 is 0 Å². The minimum Gasteiger partial charge on any atom is -0.306 e. The van der Waals surface area contributed by atoms with Gasteiger partial charge >= 0.3 is 0 Å². The van der Waals surface area contributed by atoms with Gasteiger partial charge in [-0.05, 0) is 63.7 Å². The maximum Gasteiger partial charge on any atom is 0.0587 e. The Labute approximate surface area is 113 Å². The van der Waals surface area contributed by atoms with Crippen LogP contribution in [0.15, 0.2) is 35.7 Å². The molecule has 1 aliphatic rings. The first-order valence-electron chi connectivity index (χ1n) is 5.40. The summed E-state index contributed by atoms with van der Waals surface area (Å²) >= 11 is 4.23. The fourth-order valence-corrected chi connectivity index (χ4v) is 3.48. The lowest BCUT2D eigenvalue weighted by Crippen LogP contribution is -2.29. The lowest BCUT2D eigenvalue weighted by atomic mass is 9.96. The van der Waals surface area contributed by atoms with Crippen LogP contribution in [0.1, 0.15) is 22.0 Å². The van der Waals surface area contributed by atoms with E-state index in [-0.39, 0.29) is 0 Å².